The van der Waals surface area contributed by atoms with E-state index in [1.165, 1.54) is 14.2 Å². The predicted molar refractivity (Wildman–Crippen MR) is 94.0 cm³/mol. The first-order valence-electron chi connectivity index (χ1n) is 8.79. The molecule has 0 bridgehead atoms. The first-order valence-corrected chi connectivity index (χ1v) is 9.46. The van der Waals surface area contributed by atoms with Crippen molar-refractivity contribution in [3.05, 3.63) is 0 Å². The zero-order valence-electron chi connectivity index (χ0n) is 16.5. The van der Waals surface area contributed by atoms with Gasteiger partial charge in [-0.1, -0.05) is 0 Å². The lowest BCUT2D eigenvalue weighted by atomic mass is 9.97. The van der Waals surface area contributed by atoms with Gasteiger partial charge in [0.25, 0.3) is 0 Å². The molecular formula is C15H27O14S+. The summed E-state index contributed by atoms with van der Waals surface area (Å²) in [6, 6.07) is 0. The summed E-state index contributed by atoms with van der Waals surface area (Å²) in [5.41, 5.74) is 0. The molecule has 0 aromatic heterocycles. The quantitative estimate of drug-likeness (QED) is 0.0892. The van der Waals surface area contributed by atoms with Gasteiger partial charge in [-0.05, 0) is 6.92 Å². The van der Waals surface area contributed by atoms with Crippen LogP contribution in [0.2, 0.25) is 0 Å². The number of aliphatic hydroxyl groups excluding tert-OH is 3. The van der Waals surface area contributed by atoms with Crippen molar-refractivity contribution >= 4 is 19.1 Å². The summed E-state index contributed by atoms with van der Waals surface area (Å²) >= 11 is 0.318. The highest BCUT2D eigenvalue weighted by molar-refractivity contribution is 7.89. The van der Waals surface area contributed by atoms with E-state index in [2.05, 4.69) is 25.6 Å². The highest BCUT2D eigenvalue weighted by atomic mass is 32.2. The van der Waals surface area contributed by atoms with Crippen LogP contribution in [-0.4, -0.2) is 110 Å². The molecule has 0 amide bonds. The Morgan fingerprint density at radius 3 is 2.30 bits per heavy atom. The second kappa shape index (κ2) is 12.4. The molecule has 176 valence electrons. The number of aliphatic hydroxyl groups is 3. The van der Waals surface area contributed by atoms with Crippen molar-refractivity contribution in [2.75, 3.05) is 20.8 Å². The summed E-state index contributed by atoms with van der Waals surface area (Å²) < 4.78 is 41.0. The Labute approximate surface area is 176 Å². The first kappa shape index (κ1) is 25.6. The van der Waals surface area contributed by atoms with Gasteiger partial charge in [0.2, 0.25) is 12.3 Å². The van der Waals surface area contributed by atoms with Crippen LogP contribution >= 0.6 is 12.3 Å². The maximum Gasteiger partial charge on any atom is 0.367 e. The molecule has 0 aliphatic carbocycles. The molecule has 0 saturated carbocycles. The molecule has 30 heavy (non-hydrogen) atoms. The zero-order chi connectivity index (χ0) is 22.3. The minimum Gasteiger partial charge on any atom is -0.387 e. The molecule has 2 saturated heterocycles. The number of methoxy groups -OCH3 is 2. The predicted octanol–water partition coefficient (Wildman–Crippen LogP) is -1.75. The monoisotopic (exact) mass is 463 g/mol. The largest absolute Gasteiger partial charge is 0.387 e. The van der Waals surface area contributed by atoms with Gasteiger partial charge in [0.05, 0.1) is 11.1 Å². The maximum atomic E-state index is 10.5. The van der Waals surface area contributed by atoms with E-state index < -0.39 is 61.4 Å². The Morgan fingerprint density at radius 1 is 0.967 bits per heavy atom. The Bertz CT molecular complexity index is 514. The van der Waals surface area contributed by atoms with Crippen LogP contribution < -0.4 is 0 Å². The normalized spacial score (nSPS) is 42.1. The molecule has 2 rings (SSSR count). The Balaban J connectivity index is 2.15. The van der Waals surface area contributed by atoms with Crippen molar-refractivity contribution in [1.29, 1.82) is 0 Å². The summed E-state index contributed by atoms with van der Waals surface area (Å²) in [4.78, 5) is 4.09. The molecule has 0 aromatic carbocycles. The van der Waals surface area contributed by atoms with Crippen LogP contribution in [0.4, 0.5) is 0 Å². The summed E-state index contributed by atoms with van der Waals surface area (Å²) in [5, 5.41) is 44.1. The molecule has 0 spiro atoms. The summed E-state index contributed by atoms with van der Waals surface area (Å²) in [6.45, 7) is 4.18. The molecule has 0 radical (unpaired) electrons. The van der Waals surface area contributed by atoms with Gasteiger partial charge >= 0.3 is 6.79 Å². The lowest BCUT2D eigenvalue weighted by Crippen LogP contribution is -2.64. The molecule has 2 fully saturated rings. The van der Waals surface area contributed by atoms with E-state index in [0.29, 0.717) is 12.3 Å². The van der Waals surface area contributed by atoms with Crippen molar-refractivity contribution in [2.45, 2.75) is 68.3 Å². The van der Waals surface area contributed by atoms with Crippen LogP contribution in [0.25, 0.3) is 0 Å². The van der Waals surface area contributed by atoms with Crippen LogP contribution in [0.15, 0.2) is 0 Å². The molecule has 14 nitrogen and oxygen atoms in total. The topological polar surface area (TPSA) is 175 Å². The van der Waals surface area contributed by atoms with Crippen molar-refractivity contribution < 1.29 is 67.3 Å². The minimum absolute atomic E-state index is 0.318. The summed E-state index contributed by atoms with van der Waals surface area (Å²) in [5.74, 6) is 0. The van der Waals surface area contributed by atoms with Gasteiger partial charge in [0.1, 0.15) is 49.3 Å². The number of rotatable bonds is 11. The molecule has 10 unspecified atom stereocenters. The van der Waals surface area contributed by atoms with Gasteiger partial charge < -0.3 is 39.0 Å². The minimum atomic E-state index is -1.54. The van der Waals surface area contributed by atoms with Gasteiger partial charge in [-0.25, -0.2) is 4.89 Å². The van der Waals surface area contributed by atoms with E-state index >= 15 is 0 Å². The van der Waals surface area contributed by atoms with Gasteiger partial charge in [-0.2, -0.15) is 0 Å². The Hall–Kier alpha value is -0.660. The molecular weight excluding hydrogens is 436 g/mol. The van der Waals surface area contributed by atoms with E-state index in [-0.39, 0.29) is 6.61 Å². The highest BCUT2D eigenvalue weighted by Gasteiger charge is 2.51. The maximum absolute atomic E-state index is 10.5. The number of hydrogen-bond acceptors (Lipinski definition) is 14. The number of carbonyl (C=O) groups excluding carboxylic acids is 1. The fourth-order valence-corrected chi connectivity index (χ4v) is 3.65. The number of hydrogen-bond donors (Lipinski definition) is 4. The molecule has 15 heteroatoms. The van der Waals surface area contributed by atoms with Crippen LogP contribution in [-0.2, 0) is 46.7 Å². The van der Waals surface area contributed by atoms with Crippen LogP contribution in [0.1, 0.15) is 6.92 Å². The lowest BCUT2D eigenvalue weighted by molar-refractivity contribution is -0.826. The molecule has 2 aliphatic rings. The van der Waals surface area contributed by atoms with Crippen LogP contribution in [0.3, 0.4) is 0 Å². The molecule has 0 aromatic rings. The lowest BCUT2D eigenvalue weighted by Gasteiger charge is -2.46. The first-order chi connectivity index (χ1) is 14.4. The zero-order valence-corrected chi connectivity index (χ0v) is 17.3. The average molecular weight is 463 g/mol. The second-order valence-corrected chi connectivity index (χ2v) is 6.90. The van der Waals surface area contributed by atoms with Gasteiger partial charge in [-0.15, -0.1) is 0 Å². The average Bonchev–Trinajstić information content (AvgIpc) is 2.73. The summed E-state index contributed by atoms with van der Waals surface area (Å²) in [6.07, 6.45) is -11.6. The van der Waals surface area contributed by atoms with E-state index in [4.69, 9.17) is 33.1 Å². The van der Waals surface area contributed by atoms with Gasteiger partial charge in [-0.3, -0.25) is 9.44 Å². The second-order valence-electron chi connectivity index (χ2n) is 6.44. The SMILES string of the molecule is C=[O+]OOSOC1C(O)C(OC)OC(C)C1OC1OC(COO)C(OC)C(O)C1O. The molecule has 2 heterocycles. The van der Waals surface area contributed by atoms with E-state index in [1.54, 1.807) is 6.92 Å². The fraction of sp³-hybridized carbons (Fsp3) is 0.933. The van der Waals surface area contributed by atoms with Crippen molar-refractivity contribution in [3.8, 4) is 0 Å². The number of ether oxygens (including phenoxy) is 5. The third-order valence-corrected chi connectivity index (χ3v) is 5.09. The third kappa shape index (κ3) is 5.98. The van der Waals surface area contributed by atoms with E-state index in [1.807, 2.05) is 0 Å². The van der Waals surface area contributed by atoms with Crippen molar-refractivity contribution in [1.82, 2.24) is 0 Å². The molecule has 2 aliphatic heterocycles. The van der Waals surface area contributed by atoms with E-state index in [0.717, 1.165) is 0 Å². The van der Waals surface area contributed by atoms with Crippen molar-refractivity contribution in [2.24, 2.45) is 0 Å². The van der Waals surface area contributed by atoms with Crippen molar-refractivity contribution in [3.63, 3.8) is 0 Å². The third-order valence-electron chi connectivity index (χ3n) is 4.68. The van der Waals surface area contributed by atoms with Gasteiger partial charge in [0.15, 0.2) is 12.6 Å². The van der Waals surface area contributed by atoms with E-state index in [9.17, 15) is 15.3 Å². The smallest absolute Gasteiger partial charge is 0.367 e. The van der Waals surface area contributed by atoms with Gasteiger partial charge in [0, 0.05) is 23.1 Å². The summed E-state index contributed by atoms with van der Waals surface area (Å²) in [7, 11) is 2.63. The standard InChI is InChI=1S/C15H26O14S/c1-6-11(13(27-30-29-28-22-4)10(18)14(21-3)24-6)26-15-9(17)8(16)12(20-2)7(25-15)5-23-19/h6-18H,4-5H2,1-3H3/p+1. The fourth-order valence-electron chi connectivity index (χ4n) is 3.24. The molecule has 10 atom stereocenters. The Morgan fingerprint density at radius 2 is 1.70 bits per heavy atom. The highest BCUT2D eigenvalue weighted by Crippen LogP contribution is 2.32. The van der Waals surface area contributed by atoms with Crippen LogP contribution in [0.5, 0.6) is 0 Å². The van der Waals surface area contributed by atoms with Crippen LogP contribution in [0, 0.1) is 0 Å². The Kier molecular flexibility index (Phi) is 10.6. The molecule has 4 N–H and O–H groups in total.